The number of pyridine rings is 1. The maximum Gasteiger partial charge on any atom is 0.277 e. The predicted molar refractivity (Wildman–Crippen MR) is 105 cm³/mol. The van der Waals surface area contributed by atoms with Gasteiger partial charge in [0.25, 0.3) is 5.22 Å². The summed E-state index contributed by atoms with van der Waals surface area (Å²) in [5, 5.41) is 10.5. The molecule has 4 rings (SSSR count). The molecule has 0 amide bonds. The molecule has 0 aliphatic carbocycles. The Kier molecular flexibility index (Phi) is 4.91. The molecule has 0 unspecified atom stereocenters. The quantitative estimate of drug-likeness (QED) is 0.409. The molecule has 4 aromatic rings. The molecule has 0 spiro atoms. The van der Waals surface area contributed by atoms with Gasteiger partial charge < -0.3 is 4.42 Å². The summed E-state index contributed by atoms with van der Waals surface area (Å²) in [5.74, 6) is 1.22. The monoisotopic (exact) mass is 381 g/mol. The van der Waals surface area contributed by atoms with Crippen molar-refractivity contribution in [1.82, 2.24) is 15.2 Å². The number of aryl methyl sites for hydroxylation is 1. The minimum atomic E-state index is 0.536. The van der Waals surface area contributed by atoms with Crippen LogP contribution in [0.2, 0.25) is 5.02 Å². The third-order valence-electron chi connectivity index (χ3n) is 4.17. The molecule has 26 heavy (non-hydrogen) atoms. The fourth-order valence-corrected chi connectivity index (χ4v) is 3.68. The number of halogens is 1. The minimum absolute atomic E-state index is 0.536. The summed E-state index contributed by atoms with van der Waals surface area (Å²) in [6.07, 6.45) is 2.78. The fraction of sp³-hybridized carbons (Fsp3) is 0.150. The third kappa shape index (κ3) is 3.45. The second-order valence-corrected chi connectivity index (χ2v) is 7.15. The summed E-state index contributed by atoms with van der Waals surface area (Å²) >= 11 is 7.75. The standard InChI is InChI=1S/C20H16ClN3OS/c1-2-13-5-7-14(8-6-13)19-23-24-20(25-19)26-12-15-9-10-17(21)16-4-3-11-22-18(15)16/h3-11H,2,12H2,1H3. The largest absolute Gasteiger partial charge is 0.411 e. The highest BCUT2D eigenvalue weighted by Crippen LogP contribution is 2.30. The number of benzene rings is 2. The average Bonchev–Trinajstić information content (AvgIpc) is 3.17. The minimum Gasteiger partial charge on any atom is -0.411 e. The van der Waals surface area contributed by atoms with E-state index < -0.39 is 0 Å². The first kappa shape index (κ1) is 17.1. The highest BCUT2D eigenvalue weighted by Gasteiger charge is 2.11. The van der Waals surface area contributed by atoms with Crippen LogP contribution >= 0.6 is 23.4 Å². The van der Waals surface area contributed by atoms with Gasteiger partial charge in [0, 0.05) is 27.9 Å². The predicted octanol–water partition coefficient (Wildman–Crippen LogP) is 5.79. The number of hydrogen-bond donors (Lipinski definition) is 0. The molecule has 2 heterocycles. The Morgan fingerprint density at radius 1 is 1.04 bits per heavy atom. The molecule has 130 valence electrons. The van der Waals surface area contributed by atoms with Gasteiger partial charge in [-0.25, -0.2) is 0 Å². The van der Waals surface area contributed by atoms with Crippen LogP contribution in [0.4, 0.5) is 0 Å². The van der Waals surface area contributed by atoms with Crippen molar-refractivity contribution in [2.24, 2.45) is 0 Å². The van der Waals surface area contributed by atoms with E-state index in [2.05, 4.69) is 34.2 Å². The van der Waals surface area contributed by atoms with Crippen LogP contribution in [0.3, 0.4) is 0 Å². The Morgan fingerprint density at radius 3 is 2.69 bits per heavy atom. The van der Waals surface area contributed by atoms with Crippen LogP contribution in [0.5, 0.6) is 0 Å². The first-order valence-electron chi connectivity index (χ1n) is 8.32. The van der Waals surface area contributed by atoms with Crippen LogP contribution in [0.15, 0.2) is 64.4 Å². The number of fused-ring (bicyclic) bond motifs is 1. The summed E-state index contributed by atoms with van der Waals surface area (Å²) in [4.78, 5) is 4.46. The van der Waals surface area contributed by atoms with Crippen LogP contribution in [0, 0.1) is 0 Å². The maximum atomic E-state index is 6.25. The SMILES string of the molecule is CCc1ccc(-c2nnc(SCc3ccc(Cl)c4cccnc34)o2)cc1. The molecule has 0 saturated heterocycles. The molecule has 0 bridgehead atoms. The van der Waals surface area contributed by atoms with Crippen LogP contribution in [-0.2, 0) is 12.2 Å². The maximum absolute atomic E-state index is 6.25. The lowest BCUT2D eigenvalue weighted by atomic mass is 10.1. The Morgan fingerprint density at radius 2 is 1.88 bits per heavy atom. The van der Waals surface area contributed by atoms with E-state index in [0.29, 0.717) is 21.9 Å². The van der Waals surface area contributed by atoms with E-state index in [9.17, 15) is 0 Å². The van der Waals surface area contributed by atoms with Gasteiger partial charge in [-0.3, -0.25) is 4.98 Å². The average molecular weight is 382 g/mol. The van der Waals surface area contributed by atoms with E-state index in [1.54, 1.807) is 6.20 Å². The second kappa shape index (κ2) is 7.48. The highest BCUT2D eigenvalue weighted by atomic mass is 35.5. The zero-order valence-corrected chi connectivity index (χ0v) is 15.7. The molecule has 0 aliphatic rings. The van der Waals surface area contributed by atoms with Crippen LogP contribution in [0.1, 0.15) is 18.1 Å². The topological polar surface area (TPSA) is 51.8 Å². The van der Waals surface area contributed by atoms with Gasteiger partial charge in [-0.15, -0.1) is 10.2 Å². The normalized spacial score (nSPS) is 11.2. The smallest absolute Gasteiger partial charge is 0.277 e. The molecule has 4 nitrogen and oxygen atoms in total. The Hall–Kier alpha value is -2.37. The van der Waals surface area contributed by atoms with E-state index in [1.807, 2.05) is 36.4 Å². The molecule has 6 heteroatoms. The molecule has 0 radical (unpaired) electrons. The summed E-state index contributed by atoms with van der Waals surface area (Å²) < 4.78 is 5.79. The van der Waals surface area contributed by atoms with E-state index in [4.69, 9.17) is 16.0 Å². The third-order valence-corrected chi connectivity index (χ3v) is 5.36. The van der Waals surface area contributed by atoms with Gasteiger partial charge in [-0.1, -0.05) is 48.5 Å². The molecule has 0 atom stereocenters. The number of thioether (sulfide) groups is 1. The fourth-order valence-electron chi connectivity index (χ4n) is 2.72. The van der Waals surface area contributed by atoms with E-state index in [1.165, 1.54) is 17.3 Å². The van der Waals surface area contributed by atoms with Gasteiger partial charge in [-0.2, -0.15) is 0 Å². The summed E-state index contributed by atoms with van der Waals surface area (Å²) in [7, 11) is 0. The molecule has 2 aromatic heterocycles. The number of hydrogen-bond acceptors (Lipinski definition) is 5. The van der Waals surface area contributed by atoms with E-state index in [0.717, 1.165) is 28.5 Å². The van der Waals surface area contributed by atoms with Gasteiger partial charge in [0.15, 0.2) is 0 Å². The van der Waals surface area contributed by atoms with Crippen molar-refractivity contribution in [3.63, 3.8) is 0 Å². The summed E-state index contributed by atoms with van der Waals surface area (Å²) in [5.41, 5.74) is 4.20. The molecule has 0 saturated carbocycles. The van der Waals surface area contributed by atoms with Crippen molar-refractivity contribution < 1.29 is 4.42 Å². The van der Waals surface area contributed by atoms with Crippen LogP contribution < -0.4 is 0 Å². The lowest BCUT2D eigenvalue weighted by molar-refractivity contribution is 0.466. The zero-order valence-electron chi connectivity index (χ0n) is 14.1. The van der Waals surface area contributed by atoms with Crippen molar-refractivity contribution in [1.29, 1.82) is 0 Å². The summed E-state index contributed by atoms with van der Waals surface area (Å²) in [6, 6.07) is 15.9. The number of aromatic nitrogens is 3. The first-order chi connectivity index (χ1) is 12.7. The van der Waals surface area contributed by atoms with Crippen molar-refractivity contribution in [3.05, 3.63) is 70.9 Å². The van der Waals surface area contributed by atoms with Gasteiger partial charge in [-0.05, 0) is 47.9 Å². The van der Waals surface area contributed by atoms with Gasteiger partial charge in [0.05, 0.1) is 5.52 Å². The summed E-state index contributed by atoms with van der Waals surface area (Å²) in [6.45, 7) is 2.13. The van der Waals surface area contributed by atoms with Crippen molar-refractivity contribution in [2.75, 3.05) is 0 Å². The van der Waals surface area contributed by atoms with Gasteiger partial charge in [0.2, 0.25) is 5.89 Å². The molecule has 0 fully saturated rings. The number of rotatable bonds is 5. The first-order valence-corrected chi connectivity index (χ1v) is 9.68. The number of nitrogens with zero attached hydrogens (tertiary/aromatic N) is 3. The van der Waals surface area contributed by atoms with E-state index in [-0.39, 0.29) is 0 Å². The molecular weight excluding hydrogens is 366 g/mol. The van der Waals surface area contributed by atoms with Crippen molar-refractivity contribution >= 4 is 34.3 Å². The van der Waals surface area contributed by atoms with Crippen molar-refractivity contribution in [3.8, 4) is 11.5 Å². The molecule has 2 aromatic carbocycles. The van der Waals surface area contributed by atoms with Crippen molar-refractivity contribution in [2.45, 2.75) is 24.3 Å². The lowest BCUT2D eigenvalue weighted by Crippen LogP contribution is -1.88. The molecular formula is C20H16ClN3OS. The highest BCUT2D eigenvalue weighted by molar-refractivity contribution is 7.98. The zero-order chi connectivity index (χ0) is 17.9. The van der Waals surface area contributed by atoms with Gasteiger partial charge >= 0.3 is 0 Å². The lowest BCUT2D eigenvalue weighted by Gasteiger charge is -2.05. The second-order valence-electron chi connectivity index (χ2n) is 5.82. The Balaban J connectivity index is 1.52. The van der Waals surface area contributed by atoms with Gasteiger partial charge in [0.1, 0.15) is 0 Å². The molecule has 0 aliphatic heterocycles. The Bertz CT molecular complexity index is 1050. The van der Waals surface area contributed by atoms with Crippen LogP contribution in [-0.4, -0.2) is 15.2 Å². The Labute approximate surface area is 160 Å². The molecule has 0 N–H and O–H groups in total. The van der Waals surface area contributed by atoms with E-state index >= 15 is 0 Å². The van der Waals surface area contributed by atoms with Crippen LogP contribution in [0.25, 0.3) is 22.4 Å².